The predicted molar refractivity (Wildman–Crippen MR) is 134 cm³/mol. The van der Waals surface area contributed by atoms with Gasteiger partial charge in [-0.1, -0.05) is 18.2 Å². The topological polar surface area (TPSA) is 69.6 Å². The smallest absolute Gasteiger partial charge is 0.255 e. The van der Waals surface area contributed by atoms with Crippen LogP contribution in [0.1, 0.15) is 26.3 Å². The first-order valence-corrected chi connectivity index (χ1v) is 10.9. The van der Waals surface area contributed by atoms with E-state index in [0.717, 1.165) is 14.8 Å². The number of nitrogens with zero attached hydrogens (tertiary/aromatic N) is 1. The van der Waals surface area contributed by atoms with Crippen LogP contribution in [-0.4, -0.2) is 37.0 Å². The van der Waals surface area contributed by atoms with Gasteiger partial charge in [0.05, 0.1) is 6.61 Å². The van der Waals surface area contributed by atoms with Crippen molar-refractivity contribution in [2.24, 2.45) is 0 Å². The molecular weight excluding hydrogens is 503 g/mol. The lowest BCUT2D eigenvalue weighted by Crippen LogP contribution is -2.20. The molecule has 0 atom stereocenters. The molecule has 158 valence electrons. The first kappa shape index (κ1) is 22.7. The fourth-order valence-electron chi connectivity index (χ4n) is 2.91. The van der Waals surface area contributed by atoms with Crippen molar-refractivity contribution in [3.05, 3.63) is 99.1 Å². The summed E-state index contributed by atoms with van der Waals surface area (Å²) in [7, 11) is 1.91. The highest BCUT2D eigenvalue weighted by Crippen LogP contribution is 2.16. The lowest BCUT2D eigenvalue weighted by Gasteiger charge is -2.17. The summed E-state index contributed by atoms with van der Waals surface area (Å²) in [6.45, 7) is 0.662. The number of anilines is 2. The van der Waals surface area contributed by atoms with Crippen LogP contribution in [0, 0.1) is 3.57 Å². The minimum atomic E-state index is -0.191. The van der Waals surface area contributed by atoms with Crippen LogP contribution >= 0.6 is 22.6 Å². The van der Waals surface area contributed by atoms with Crippen molar-refractivity contribution in [3.63, 3.8) is 0 Å². The van der Waals surface area contributed by atoms with Crippen molar-refractivity contribution in [3.8, 4) is 0 Å². The molecule has 0 saturated heterocycles. The maximum Gasteiger partial charge on any atom is 0.255 e. The number of nitrogens with one attached hydrogen (secondary N) is 1. The van der Waals surface area contributed by atoms with Crippen molar-refractivity contribution < 1.29 is 14.7 Å². The third-order valence-electron chi connectivity index (χ3n) is 4.73. The third-order valence-corrected chi connectivity index (χ3v) is 5.45. The van der Waals surface area contributed by atoms with Gasteiger partial charge in [-0.15, -0.1) is 0 Å². The third kappa shape index (κ3) is 6.50. The van der Waals surface area contributed by atoms with E-state index in [1.807, 2.05) is 48.3 Å². The highest BCUT2D eigenvalue weighted by Gasteiger charge is 2.07. The van der Waals surface area contributed by atoms with Crippen LogP contribution in [0.2, 0.25) is 0 Å². The first-order chi connectivity index (χ1) is 15.0. The molecule has 1 amide bonds. The monoisotopic (exact) mass is 526 g/mol. The summed E-state index contributed by atoms with van der Waals surface area (Å²) in [5.41, 5.74) is 3.67. The Morgan fingerprint density at radius 3 is 2.16 bits per heavy atom. The molecule has 0 bridgehead atoms. The van der Waals surface area contributed by atoms with Crippen molar-refractivity contribution in [2.75, 3.05) is 30.4 Å². The number of carbonyl (C=O) groups is 2. The van der Waals surface area contributed by atoms with Gasteiger partial charge in [0.25, 0.3) is 5.91 Å². The number of hydrogen-bond donors (Lipinski definition) is 2. The fourth-order valence-corrected chi connectivity index (χ4v) is 3.27. The standard InChI is InChI=1S/C25H23IN2O3/c1-28(16-17-29)23-13-2-18(3-14-23)4-15-24(30)19-7-11-22(12-8-19)27-25(31)20-5-9-21(26)10-6-20/h2-15,29H,16-17H2,1H3,(H,27,31)/b15-4+. The van der Waals surface area contributed by atoms with Crippen LogP contribution in [0.25, 0.3) is 6.08 Å². The van der Waals surface area contributed by atoms with Crippen LogP contribution in [-0.2, 0) is 0 Å². The van der Waals surface area contributed by atoms with Gasteiger partial charge in [0.2, 0.25) is 0 Å². The van der Waals surface area contributed by atoms with Crippen molar-refractivity contribution in [1.29, 1.82) is 0 Å². The highest BCUT2D eigenvalue weighted by atomic mass is 127. The second-order valence-corrected chi connectivity index (χ2v) is 8.22. The van der Waals surface area contributed by atoms with E-state index in [0.29, 0.717) is 23.4 Å². The van der Waals surface area contributed by atoms with Gasteiger partial charge < -0.3 is 15.3 Å². The molecule has 0 fully saturated rings. The molecule has 0 aliphatic carbocycles. The zero-order valence-electron chi connectivity index (χ0n) is 17.1. The molecule has 0 spiro atoms. The summed E-state index contributed by atoms with van der Waals surface area (Å²) in [5.74, 6) is -0.305. The average Bonchev–Trinajstić information content (AvgIpc) is 2.79. The van der Waals surface area contributed by atoms with Gasteiger partial charge in [-0.2, -0.15) is 0 Å². The summed E-state index contributed by atoms with van der Waals surface area (Å²) < 4.78 is 1.06. The van der Waals surface area contributed by atoms with Gasteiger partial charge in [-0.25, -0.2) is 0 Å². The second-order valence-electron chi connectivity index (χ2n) is 6.97. The lowest BCUT2D eigenvalue weighted by atomic mass is 10.1. The Hall–Kier alpha value is -2.97. The van der Waals surface area contributed by atoms with E-state index in [9.17, 15) is 9.59 Å². The van der Waals surface area contributed by atoms with Gasteiger partial charge in [-0.05, 0) is 94.9 Å². The molecule has 0 radical (unpaired) electrons. The highest BCUT2D eigenvalue weighted by molar-refractivity contribution is 14.1. The van der Waals surface area contributed by atoms with Gasteiger partial charge >= 0.3 is 0 Å². The van der Waals surface area contributed by atoms with Crippen molar-refractivity contribution in [1.82, 2.24) is 0 Å². The number of rotatable bonds is 8. The molecule has 6 heteroatoms. The van der Waals surface area contributed by atoms with Crippen molar-refractivity contribution >= 4 is 51.7 Å². The normalized spacial score (nSPS) is 10.8. The van der Waals surface area contributed by atoms with E-state index in [4.69, 9.17) is 5.11 Å². The number of amides is 1. The number of hydrogen-bond acceptors (Lipinski definition) is 4. The summed E-state index contributed by atoms with van der Waals surface area (Å²) in [6, 6.07) is 21.9. The SMILES string of the molecule is CN(CCO)c1ccc(/C=C/C(=O)c2ccc(NC(=O)c3ccc(I)cc3)cc2)cc1. The molecule has 0 aliphatic heterocycles. The van der Waals surface area contributed by atoms with Crippen LogP contribution in [0.5, 0.6) is 0 Å². The minimum Gasteiger partial charge on any atom is -0.395 e. The lowest BCUT2D eigenvalue weighted by molar-refractivity contribution is 0.102. The van der Waals surface area contributed by atoms with E-state index in [2.05, 4.69) is 27.9 Å². The number of halogens is 1. The summed E-state index contributed by atoms with van der Waals surface area (Å²) >= 11 is 2.19. The molecule has 0 aromatic heterocycles. The second kappa shape index (κ2) is 10.9. The first-order valence-electron chi connectivity index (χ1n) is 9.78. The molecular formula is C25H23IN2O3. The van der Waals surface area contributed by atoms with E-state index < -0.39 is 0 Å². The zero-order valence-corrected chi connectivity index (χ0v) is 19.2. The summed E-state index contributed by atoms with van der Waals surface area (Å²) in [6.07, 6.45) is 3.30. The maximum absolute atomic E-state index is 12.5. The molecule has 3 rings (SSSR count). The van der Waals surface area contributed by atoms with Gasteiger partial charge in [0, 0.05) is 39.7 Å². The Balaban J connectivity index is 1.59. The number of aliphatic hydroxyl groups excluding tert-OH is 1. The number of allylic oxidation sites excluding steroid dienone is 1. The van der Waals surface area contributed by atoms with Crippen LogP contribution in [0.4, 0.5) is 11.4 Å². The maximum atomic E-state index is 12.5. The van der Waals surface area contributed by atoms with Crippen LogP contribution in [0.15, 0.2) is 78.9 Å². The van der Waals surface area contributed by atoms with E-state index in [1.165, 1.54) is 6.08 Å². The number of ketones is 1. The van der Waals surface area contributed by atoms with Crippen LogP contribution < -0.4 is 10.2 Å². The Morgan fingerprint density at radius 2 is 1.55 bits per heavy atom. The molecule has 3 aromatic rings. The van der Waals surface area contributed by atoms with E-state index in [-0.39, 0.29) is 18.3 Å². The van der Waals surface area contributed by atoms with Gasteiger partial charge in [0.15, 0.2) is 5.78 Å². The van der Waals surface area contributed by atoms with Gasteiger partial charge in [-0.3, -0.25) is 9.59 Å². The molecule has 0 aliphatic rings. The molecule has 31 heavy (non-hydrogen) atoms. The molecule has 0 heterocycles. The molecule has 0 saturated carbocycles. The Morgan fingerprint density at radius 1 is 0.935 bits per heavy atom. The summed E-state index contributed by atoms with van der Waals surface area (Å²) in [5, 5.41) is 11.9. The Kier molecular flexibility index (Phi) is 7.97. The fraction of sp³-hybridized carbons (Fsp3) is 0.120. The quantitative estimate of drug-likeness (QED) is 0.250. The minimum absolute atomic E-state index is 0.0980. The molecule has 3 aromatic carbocycles. The molecule has 5 nitrogen and oxygen atoms in total. The van der Waals surface area contributed by atoms with Crippen LogP contribution in [0.3, 0.4) is 0 Å². The number of likely N-dealkylation sites (N-methyl/N-ethyl adjacent to an activating group) is 1. The van der Waals surface area contributed by atoms with E-state index >= 15 is 0 Å². The van der Waals surface area contributed by atoms with Gasteiger partial charge in [0.1, 0.15) is 0 Å². The Labute approximate surface area is 195 Å². The number of aliphatic hydroxyl groups is 1. The molecule has 0 unspecified atom stereocenters. The average molecular weight is 526 g/mol. The predicted octanol–water partition coefficient (Wildman–Crippen LogP) is 4.87. The van der Waals surface area contributed by atoms with E-state index in [1.54, 1.807) is 42.5 Å². The summed E-state index contributed by atoms with van der Waals surface area (Å²) in [4.78, 5) is 26.7. The number of benzene rings is 3. The largest absolute Gasteiger partial charge is 0.395 e. The van der Waals surface area contributed by atoms with Crippen molar-refractivity contribution in [2.45, 2.75) is 0 Å². The molecule has 2 N–H and O–H groups in total. The number of carbonyl (C=O) groups excluding carboxylic acids is 2. The Bertz CT molecular complexity index is 1060. The zero-order chi connectivity index (χ0) is 22.2.